The van der Waals surface area contributed by atoms with Gasteiger partial charge in [-0.1, -0.05) is 0 Å². The average Bonchev–Trinajstić information content (AvgIpc) is 2.84. The van der Waals surface area contributed by atoms with Gasteiger partial charge in [0.15, 0.2) is 0 Å². The molecule has 112 valence electrons. The van der Waals surface area contributed by atoms with Crippen LogP contribution in [0.15, 0.2) is 18.2 Å². The normalized spacial score (nSPS) is 13.8. The molecular formula is C13H16N4O4. The van der Waals surface area contributed by atoms with Gasteiger partial charge < -0.3 is 15.2 Å². The lowest BCUT2D eigenvalue weighted by atomic mass is 9.98. The Balaban J connectivity index is 2.19. The molecule has 0 saturated heterocycles. The second-order valence-corrected chi connectivity index (χ2v) is 5.05. The van der Waals surface area contributed by atoms with Gasteiger partial charge in [-0.05, 0) is 25.1 Å². The van der Waals surface area contributed by atoms with E-state index in [2.05, 4.69) is 20.7 Å². The molecule has 0 bridgehead atoms. The summed E-state index contributed by atoms with van der Waals surface area (Å²) in [6, 6.07) is 4.86. The highest BCUT2D eigenvalue weighted by Crippen LogP contribution is 2.14. The van der Waals surface area contributed by atoms with Crippen molar-refractivity contribution in [1.29, 1.82) is 0 Å². The van der Waals surface area contributed by atoms with Gasteiger partial charge in [0.2, 0.25) is 0 Å². The third-order valence-electron chi connectivity index (χ3n) is 3.00. The van der Waals surface area contributed by atoms with Crippen LogP contribution in [0, 0.1) is 0 Å². The molecule has 2 rings (SSSR count). The quantitative estimate of drug-likeness (QED) is 0.716. The van der Waals surface area contributed by atoms with E-state index in [1.807, 2.05) is 0 Å². The zero-order chi connectivity index (χ0) is 15.5. The molecule has 0 radical (unpaired) electrons. The molecule has 0 spiro atoms. The second-order valence-electron chi connectivity index (χ2n) is 5.05. The van der Waals surface area contributed by atoms with Crippen molar-refractivity contribution in [2.45, 2.75) is 18.9 Å². The summed E-state index contributed by atoms with van der Waals surface area (Å²) in [4.78, 5) is 23.2. The number of carboxylic acids is 1. The molecule has 1 unspecified atom stereocenters. The van der Waals surface area contributed by atoms with Crippen molar-refractivity contribution in [3.63, 3.8) is 0 Å². The van der Waals surface area contributed by atoms with Gasteiger partial charge >= 0.3 is 5.97 Å². The summed E-state index contributed by atoms with van der Waals surface area (Å²) >= 11 is 0. The SMILES string of the molecule is COCC(C)(CC(=O)O)NC(=O)c1ccc2n[nH]nc2c1. The van der Waals surface area contributed by atoms with Gasteiger partial charge in [0.1, 0.15) is 11.0 Å². The third-order valence-corrected chi connectivity index (χ3v) is 3.00. The van der Waals surface area contributed by atoms with E-state index < -0.39 is 11.5 Å². The Kier molecular flexibility index (Phi) is 4.18. The molecule has 2 aromatic rings. The van der Waals surface area contributed by atoms with Crippen LogP contribution in [0.3, 0.4) is 0 Å². The van der Waals surface area contributed by atoms with E-state index in [1.54, 1.807) is 25.1 Å². The summed E-state index contributed by atoms with van der Waals surface area (Å²) < 4.78 is 5.00. The summed E-state index contributed by atoms with van der Waals surface area (Å²) in [6.07, 6.45) is -0.237. The van der Waals surface area contributed by atoms with Crippen molar-refractivity contribution in [2.75, 3.05) is 13.7 Å². The number of hydrogen-bond donors (Lipinski definition) is 3. The lowest BCUT2D eigenvalue weighted by molar-refractivity contribution is -0.139. The highest BCUT2D eigenvalue weighted by molar-refractivity contribution is 5.97. The standard InChI is InChI=1S/C13H16N4O4/c1-13(7-21-2,6-11(18)19)14-12(20)8-3-4-9-10(5-8)16-17-15-9/h3-5H,6-7H2,1-2H3,(H,14,20)(H,18,19)(H,15,16,17). The van der Waals surface area contributed by atoms with Gasteiger partial charge in [0.05, 0.1) is 18.6 Å². The van der Waals surface area contributed by atoms with Crippen LogP contribution in [0.25, 0.3) is 11.0 Å². The molecule has 0 aliphatic heterocycles. The number of fused-ring (bicyclic) bond motifs is 1. The number of rotatable bonds is 6. The monoisotopic (exact) mass is 292 g/mol. The number of benzene rings is 1. The van der Waals surface area contributed by atoms with Gasteiger partial charge in [-0.25, -0.2) is 0 Å². The number of H-pyrrole nitrogens is 1. The number of methoxy groups -OCH3 is 1. The maximum absolute atomic E-state index is 12.3. The Morgan fingerprint density at radius 1 is 1.38 bits per heavy atom. The van der Waals surface area contributed by atoms with Crippen LogP contribution in [0.1, 0.15) is 23.7 Å². The first-order chi connectivity index (χ1) is 9.93. The molecule has 0 saturated carbocycles. The molecule has 1 amide bonds. The summed E-state index contributed by atoms with van der Waals surface area (Å²) in [5.41, 5.74) is 0.603. The number of aromatic amines is 1. The molecule has 1 atom stereocenters. The Bertz CT molecular complexity index is 669. The number of carbonyl (C=O) groups is 2. The molecule has 3 N–H and O–H groups in total. The molecule has 1 heterocycles. The number of nitrogens with zero attached hydrogens (tertiary/aromatic N) is 2. The van der Waals surface area contributed by atoms with Crippen LogP contribution >= 0.6 is 0 Å². The number of hydrogen-bond acceptors (Lipinski definition) is 5. The van der Waals surface area contributed by atoms with Gasteiger partial charge in [-0.3, -0.25) is 9.59 Å². The maximum Gasteiger partial charge on any atom is 0.305 e. The van der Waals surface area contributed by atoms with E-state index in [-0.39, 0.29) is 18.9 Å². The minimum Gasteiger partial charge on any atom is -0.481 e. The first-order valence-corrected chi connectivity index (χ1v) is 6.27. The van der Waals surface area contributed by atoms with Crippen LogP contribution in [0.2, 0.25) is 0 Å². The number of nitrogens with one attached hydrogen (secondary N) is 2. The summed E-state index contributed by atoms with van der Waals surface area (Å²) in [5, 5.41) is 21.9. The molecule has 1 aromatic heterocycles. The topological polar surface area (TPSA) is 117 Å². The van der Waals surface area contributed by atoms with Crippen molar-refractivity contribution < 1.29 is 19.4 Å². The number of amides is 1. The molecule has 1 aromatic carbocycles. The van der Waals surface area contributed by atoms with E-state index in [9.17, 15) is 9.59 Å². The Morgan fingerprint density at radius 3 is 2.76 bits per heavy atom. The number of aromatic nitrogens is 3. The minimum absolute atomic E-state index is 0.0945. The van der Waals surface area contributed by atoms with Crippen molar-refractivity contribution >= 4 is 22.9 Å². The van der Waals surface area contributed by atoms with Gasteiger partial charge in [0.25, 0.3) is 5.91 Å². The molecule has 8 nitrogen and oxygen atoms in total. The van der Waals surface area contributed by atoms with Crippen LogP contribution in [0.5, 0.6) is 0 Å². The third kappa shape index (κ3) is 3.54. The molecule has 0 aliphatic rings. The number of carbonyl (C=O) groups excluding carboxylic acids is 1. The van der Waals surface area contributed by atoms with Crippen LogP contribution in [-0.2, 0) is 9.53 Å². The van der Waals surface area contributed by atoms with Crippen LogP contribution in [-0.4, -0.2) is 51.6 Å². The smallest absolute Gasteiger partial charge is 0.305 e. The Morgan fingerprint density at radius 2 is 2.10 bits per heavy atom. The van der Waals surface area contributed by atoms with E-state index in [1.165, 1.54) is 7.11 Å². The number of carboxylic acid groups (broad SMARTS) is 1. The molecule has 0 aliphatic carbocycles. The molecule has 8 heteroatoms. The van der Waals surface area contributed by atoms with E-state index >= 15 is 0 Å². The zero-order valence-electron chi connectivity index (χ0n) is 11.7. The van der Waals surface area contributed by atoms with Gasteiger partial charge in [-0.2, -0.15) is 15.4 Å². The van der Waals surface area contributed by atoms with E-state index in [0.717, 1.165) is 0 Å². The first kappa shape index (κ1) is 14.9. The van der Waals surface area contributed by atoms with Crippen LogP contribution in [0.4, 0.5) is 0 Å². The van der Waals surface area contributed by atoms with Crippen LogP contribution < -0.4 is 5.32 Å². The summed E-state index contributed by atoms with van der Waals surface area (Å²) in [6.45, 7) is 1.72. The molecular weight excluding hydrogens is 276 g/mol. The van der Waals surface area contributed by atoms with E-state index in [0.29, 0.717) is 16.6 Å². The highest BCUT2D eigenvalue weighted by atomic mass is 16.5. The average molecular weight is 292 g/mol. The Labute approximate surface area is 120 Å². The predicted octanol–water partition coefficient (Wildman–Crippen LogP) is 0.567. The fourth-order valence-electron chi connectivity index (χ4n) is 2.11. The summed E-state index contributed by atoms with van der Waals surface area (Å²) in [5.74, 6) is -1.40. The maximum atomic E-state index is 12.3. The van der Waals surface area contributed by atoms with Crippen molar-refractivity contribution in [3.05, 3.63) is 23.8 Å². The molecule has 0 fully saturated rings. The fourth-order valence-corrected chi connectivity index (χ4v) is 2.11. The number of ether oxygens (including phenoxy) is 1. The van der Waals surface area contributed by atoms with Crippen molar-refractivity contribution in [3.8, 4) is 0 Å². The van der Waals surface area contributed by atoms with Crippen molar-refractivity contribution in [1.82, 2.24) is 20.7 Å². The number of aliphatic carboxylic acids is 1. The zero-order valence-corrected chi connectivity index (χ0v) is 11.7. The predicted molar refractivity (Wildman–Crippen MR) is 73.9 cm³/mol. The summed E-state index contributed by atoms with van der Waals surface area (Å²) in [7, 11) is 1.45. The fraction of sp³-hybridized carbons (Fsp3) is 0.385. The first-order valence-electron chi connectivity index (χ1n) is 6.27. The second kappa shape index (κ2) is 5.88. The van der Waals surface area contributed by atoms with E-state index in [4.69, 9.17) is 9.84 Å². The minimum atomic E-state index is -1.01. The highest BCUT2D eigenvalue weighted by Gasteiger charge is 2.30. The van der Waals surface area contributed by atoms with Gasteiger partial charge in [0, 0.05) is 12.7 Å². The van der Waals surface area contributed by atoms with Gasteiger partial charge in [-0.15, -0.1) is 0 Å². The lowest BCUT2D eigenvalue weighted by Gasteiger charge is -2.28. The lowest BCUT2D eigenvalue weighted by Crippen LogP contribution is -2.50. The largest absolute Gasteiger partial charge is 0.481 e. The van der Waals surface area contributed by atoms with Crippen molar-refractivity contribution in [2.24, 2.45) is 0 Å². The Hall–Kier alpha value is -2.48. The molecule has 21 heavy (non-hydrogen) atoms.